The van der Waals surface area contributed by atoms with E-state index in [9.17, 15) is 0 Å². The van der Waals surface area contributed by atoms with Crippen LogP contribution in [-0.4, -0.2) is 34.6 Å². The summed E-state index contributed by atoms with van der Waals surface area (Å²) in [5.74, 6) is 1.87. The summed E-state index contributed by atoms with van der Waals surface area (Å²) in [5, 5.41) is 3.33. The van der Waals surface area contributed by atoms with E-state index in [-0.39, 0.29) is 5.28 Å². The molecule has 0 spiro atoms. The molecule has 0 amide bonds. The molecule has 2 atom stereocenters. The standard InChI is InChI=1S/C13H22ClN5/c1-4-15-12-16-11(14)17-13(18-12)19(3)10-8-6-5-7-9(10)2/h9-10H,4-8H2,1-3H3,(H,15,16,17,18). The van der Waals surface area contributed by atoms with Gasteiger partial charge in [-0.3, -0.25) is 0 Å². The minimum Gasteiger partial charge on any atom is -0.354 e. The quantitative estimate of drug-likeness (QED) is 0.921. The minimum atomic E-state index is 0.247. The molecule has 1 aliphatic carbocycles. The Morgan fingerprint density at radius 2 is 2.00 bits per heavy atom. The highest BCUT2D eigenvalue weighted by Gasteiger charge is 2.26. The van der Waals surface area contributed by atoms with Gasteiger partial charge >= 0.3 is 0 Å². The molecule has 5 nitrogen and oxygen atoms in total. The molecule has 0 saturated heterocycles. The van der Waals surface area contributed by atoms with Gasteiger partial charge in [-0.2, -0.15) is 15.0 Å². The number of nitrogens with one attached hydrogen (secondary N) is 1. The molecule has 106 valence electrons. The molecule has 0 aromatic carbocycles. The van der Waals surface area contributed by atoms with Crippen molar-refractivity contribution in [3.8, 4) is 0 Å². The van der Waals surface area contributed by atoms with Gasteiger partial charge in [0.1, 0.15) is 0 Å². The van der Waals surface area contributed by atoms with Crippen molar-refractivity contribution >= 4 is 23.5 Å². The Balaban J connectivity index is 2.19. The van der Waals surface area contributed by atoms with Crippen molar-refractivity contribution in [2.24, 2.45) is 5.92 Å². The highest BCUT2D eigenvalue weighted by Crippen LogP contribution is 2.29. The van der Waals surface area contributed by atoms with E-state index < -0.39 is 0 Å². The Bertz CT molecular complexity index is 425. The van der Waals surface area contributed by atoms with E-state index in [1.54, 1.807) is 0 Å². The van der Waals surface area contributed by atoms with Crippen LogP contribution in [0, 0.1) is 5.92 Å². The molecule has 0 aliphatic heterocycles. The first-order valence-corrected chi connectivity index (χ1v) is 7.38. The normalized spacial score (nSPS) is 23.2. The maximum absolute atomic E-state index is 5.98. The van der Waals surface area contributed by atoms with Crippen LogP contribution in [0.15, 0.2) is 0 Å². The zero-order valence-electron chi connectivity index (χ0n) is 11.9. The zero-order chi connectivity index (χ0) is 13.8. The predicted octanol–water partition coefficient (Wildman–Crippen LogP) is 2.97. The Morgan fingerprint density at radius 1 is 1.26 bits per heavy atom. The summed E-state index contributed by atoms with van der Waals surface area (Å²) in [7, 11) is 2.05. The second-order valence-electron chi connectivity index (χ2n) is 5.20. The summed E-state index contributed by atoms with van der Waals surface area (Å²) in [6.45, 7) is 5.07. The minimum absolute atomic E-state index is 0.247. The summed E-state index contributed by atoms with van der Waals surface area (Å²) < 4.78 is 0. The number of nitrogens with zero attached hydrogens (tertiary/aromatic N) is 4. The maximum Gasteiger partial charge on any atom is 0.231 e. The van der Waals surface area contributed by atoms with Crippen molar-refractivity contribution in [1.82, 2.24) is 15.0 Å². The van der Waals surface area contributed by atoms with Crippen molar-refractivity contribution in [3.63, 3.8) is 0 Å². The topological polar surface area (TPSA) is 53.9 Å². The van der Waals surface area contributed by atoms with Gasteiger partial charge in [0.25, 0.3) is 0 Å². The predicted molar refractivity (Wildman–Crippen MR) is 78.8 cm³/mol. The first-order chi connectivity index (χ1) is 9.11. The van der Waals surface area contributed by atoms with Crippen LogP contribution in [0.25, 0.3) is 0 Å². The molecule has 0 radical (unpaired) electrons. The second-order valence-corrected chi connectivity index (χ2v) is 5.54. The number of rotatable bonds is 4. The zero-order valence-corrected chi connectivity index (χ0v) is 12.6. The molecule has 6 heteroatoms. The molecule has 1 N–H and O–H groups in total. The number of hydrogen-bond acceptors (Lipinski definition) is 5. The Labute approximate surface area is 119 Å². The van der Waals surface area contributed by atoms with Gasteiger partial charge in [-0.25, -0.2) is 0 Å². The SMILES string of the molecule is CCNc1nc(Cl)nc(N(C)C2CCCCC2C)n1. The van der Waals surface area contributed by atoms with Gasteiger partial charge in [0.15, 0.2) is 0 Å². The summed E-state index contributed by atoms with van der Waals surface area (Å²) in [5.41, 5.74) is 0. The van der Waals surface area contributed by atoms with Crippen LogP contribution >= 0.6 is 11.6 Å². The molecule has 19 heavy (non-hydrogen) atoms. The molecule has 1 saturated carbocycles. The average molecular weight is 284 g/mol. The number of aromatic nitrogens is 3. The molecule has 2 unspecified atom stereocenters. The van der Waals surface area contributed by atoms with E-state index in [0.29, 0.717) is 23.9 Å². The maximum atomic E-state index is 5.98. The van der Waals surface area contributed by atoms with Crippen molar-refractivity contribution in [2.75, 3.05) is 23.8 Å². The fourth-order valence-electron chi connectivity index (χ4n) is 2.75. The van der Waals surface area contributed by atoms with Gasteiger partial charge in [-0.1, -0.05) is 19.8 Å². The summed E-state index contributed by atoms with van der Waals surface area (Å²) in [4.78, 5) is 14.9. The number of hydrogen-bond donors (Lipinski definition) is 1. The van der Waals surface area contributed by atoms with Gasteiger partial charge in [0.2, 0.25) is 17.2 Å². The highest BCUT2D eigenvalue weighted by atomic mass is 35.5. The molecule has 1 aliphatic rings. The van der Waals surface area contributed by atoms with Crippen molar-refractivity contribution in [3.05, 3.63) is 5.28 Å². The van der Waals surface area contributed by atoms with E-state index in [1.807, 2.05) is 14.0 Å². The van der Waals surface area contributed by atoms with Gasteiger partial charge in [0, 0.05) is 19.6 Å². The van der Waals surface area contributed by atoms with Crippen LogP contribution in [0.4, 0.5) is 11.9 Å². The first-order valence-electron chi connectivity index (χ1n) is 7.00. The molecule has 1 aromatic heterocycles. The molecule has 1 fully saturated rings. The Kier molecular flexibility index (Phi) is 4.80. The molecular weight excluding hydrogens is 262 g/mol. The van der Waals surface area contributed by atoms with E-state index in [4.69, 9.17) is 11.6 Å². The summed E-state index contributed by atoms with van der Waals surface area (Å²) in [6, 6.07) is 0.488. The van der Waals surface area contributed by atoms with Crippen LogP contribution in [0.1, 0.15) is 39.5 Å². The van der Waals surface area contributed by atoms with Crippen LogP contribution in [0.5, 0.6) is 0 Å². The molecule has 1 aromatic rings. The fraction of sp³-hybridized carbons (Fsp3) is 0.769. The van der Waals surface area contributed by atoms with Gasteiger partial charge in [0.05, 0.1) is 0 Å². The smallest absolute Gasteiger partial charge is 0.231 e. The average Bonchev–Trinajstić information content (AvgIpc) is 2.38. The van der Waals surface area contributed by atoms with Crippen molar-refractivity contribution < 1.29 is 0 Å². The van der Waals surface area contributed by atoms with Crippen molar-refractivity contribution in [1.29, 1.82) is 0 Å². The van der Waals surface area contributed by atoms with E-state index >= 15 is 0 Å². The van der Waals surface area contributed by atoms with Gasteiger partial charge in [-0.05, 0) is 37.3 Å². The monoisotopic (exact) mass is 283 g/mol. The van der Waals surface area contributed by atoms with Crippen LogP contribution in [0.3, 0.4) is 0 Å². The van der Waals surface area contributed by atoms with E-state index in [2.05, 4.69) is 32.1 Å². The number of halogens is 1. The summed E-state index contributed by atoms with van der Waals surface area (Å²) in [6.07, 6.45) is 5.07. The van der Waals surface area contributed by atoms with E-state index in [1.165, 1.54) is 25.7 Å². The third-order valence-corrected chi connectivity index (χ3v) is 3.98. The molecule has 2 rings (SSSR count). The lowest BCUT2D eigenvalue weighted by molar-refractivity contribution is 0.319. The third-order valence-electron chi connectivity index (χ3n) is 3.81. The third kappa shape index (κ3) is 3.47. The van der Waals surface area contributed by atoms with Crippen molar-refractivity contribution in [2.45, 2.75) is 45.6 Å². The second kappa shape index (κ2) is 6.37. The lowest BCUT2D eigenvalue weighted by Gasteiger charge is -2.36. The van der Waals surface area contributed by atoms with E-state index in [0.717, 1.165) is 6.54 Å². The van der Waals surface area contributed by atoms with Crippen LogP contribution in [0.2, 0.25) is 5.28 Å². The Hall–Kier alpha value is -1.10. The molecule has 1 heterocycles. The van der Waals surface area contributed by atoms with Crippen LogP contribution < -0.4 is 10.2 Å². The lowest BCUT2D eigenvalue weighted by atomic mass is 9.85. The van der Waals surface area contributed by atoms with Crippen LogP contribution in [-0.2, 0) is 0 Å². The van der Waals surface area contributed by atoms with Gasteiger partial charge < -0.3 is 10.2 Å². The molecular formula is C13H22ClN5. The molecule has 0 bridgehead atoms. The Morgan fingerprint density at radius 3 is 2.68 bits per heavy atom. The summed E-state index contributed by atoms with van der Waals surface area (Å²) >= 11 is 5.98. The fourth-order valence-corrected chi connectivity index (χ4v) is 2.91. The van der Waals surface area contributed by atoms with Gasteiger partial charge in [-0.15, -0.1) is 0 Å². The first kappa shape index (κ1) is 14.3. The number of anilines is 2. The highest BCUT2D eigenvalue weighted by molar-refractivity contribution is 6.28. The lowest BCUT2D eigenvalue weighted by Crippen LogP contribution is -2.40. The largest absolute Gasteiger partial charge is 0.354 e.